The number of amides is 3. The Labute approximate surface area is 242 Å². The molecule has 0 saturated heterocycles. The van der Waals surface area contributed by atoms with Crippen molar-refractivity contribution in [2.45, 2.75) is 32.0 Å². The molecule has 11 nitrogen and oxygen atoms in total. The van der Waals surface area contributed by atoms with Gasteiger partial charge in [0.2, 0.25) is 5.91 Å². The fraction of sp³-hybridized carbons (Fsp3) is 0.241. The Morgan fingerprint density at radius 1 is 0.951 bits per heavy atom. The first-order valence-corrected chi connectivity index (χ1v) is 13.1. The molecule has 0 aliphatic heterocycles. The van der Waals surface area contributed by atoms with Crippen LogP contribution in [0.25, 0.3) is 0 Å². The van der Waals surface area contributed by atoms with Crippen LogP contribution in [-0.2, 0) is 27.4 Å². The van der Waals surface area contributed by atoms with Crippen molar-refractivity contribution in [2.24, 2.45) is 5.10 Å². The molecule has 216 valence electrons. The number of alkyl carbamates (subject to hydrolysis) is 1. The van der Waals surface area contributed by atoms with Crippen molar-refractivity contribution in [3.05, 3.63) is 94.5 Å². The number of carbonyl (C=O) groups excluding carboxylic acids is 3. The van der Waals surface area contributed by atoms with Crippen molar-refractivity contribution in [1.29, 1.82) is 0 Å². The minimum Gasteiger partial charge on any atom is -0.508 e. The molecule has 0 bridgehead atoms. The summed E-state index contributed by atoms with van der Waals surface area (Å²) in [5.74, 6) is -0.944. The van der Waals surface area contributed by atoms with Crippen molar-refractivity contribution in [3.63, 3.8) is 0 Å². The zero-order chi connectivity index (χ0) is 29.6. The second-order valence-electron chi connectivity index (χ2n) is 8.72. The first-order valence-electron chi connectivity index (χ1n) is 12.7. The molecular weight excluding hydrogens is 552 g/mol. The first-order chi connectivity index (χ1) is 19.8. The number of rotatable bonds is 13. The molecule has 3 rings (SSSR count). The maximum absolute atomic E-state index is 13.1. The minimum absolute atomic E-state index is 0.0192. The normalized spacial score (nSPS) is 12.3. The fourth-order valence-electron chi connectivity index (χ4n) is 3.60. The van der Waals surface area contributed by atoms with Crippen LogP contribution in [0.1, 0.15) is 23.6 Å². The van der Waals surface area contributed by atoms with E-state index in [2.05, 4.69) is 21.2 Å². The highest BCUT2D eigenvalue weighted by Crippen LogP contribution is 2.21. The molecule has 0 fully saturated rings. The maximum Gasteiger partial charge on any atom is 0.408 e. The summed E-state index contributed by atoms with van der Waals surface area (Å²) in [5.41, 5.74) is 4.27. The number of phenols is 1. The molecule has 0 aliphatic rings. The van der Waals surface area contributed by atoms with E-state index in [1.807, 2.05) is 13.0 Å². The van der Waals surface area contributed by atoms with Crippen LogP contribution in [0.5, 0.6) is 11.5 Å². The van der Waals surface area contributed by atoms with Crippen molar-refractivity contribution < 1.29 is 34.1 Å². The van der Waals surface area contributed by atoms with Crippen LogP contribution in [0, 0.1) is 0 Å². The summed E-state index contributed by atoms with van der Waals surface area (Å²) in [6.07, 6.45) is 0.458. The van der Waals surface area contributed by atoms with Crippen molar-refractivity contribution in [2.75, 3.05) is 13.2 Å². The standard InChI is InChI=1S/C29H31ClN4O7/c1-2-40-26-13-10-22(30)15-21(26)16-31-34-28(38)24(14-19-8-11-23(36)12-9-19)32-27(37)25(17-35)33-29(39)41-18-20-6-4-3-5-7-20/h3-13,15-16,24-25,35-36H,2,14,17-18H2,1H3,(H,32,37)(H,33,39)(H,34,38)/b31-16-/t24-,25-/m0/s1. The van der Waals surface area contributed by atoms with Gasteiger partial charge < -0.3 is 30.3 Å². The number of phenolic OH excluding ortho intramolecular Hbond substituents is 1. The molecule has 0 aromatic heterocycles. The molecule has 0 aliphatic carbocycles. The molecule has 5 N–H and O–H groups in total. The van der Waals surface area contributed by atoms with E-state index in [0.717, 1.165) is 5.56 Å². The number of halogens is 1. The van der Waals surface area contributed by atoms with Gasteiger partial charge in [-0.15, -0.1) is 0 Å². The number of hydrogen-bond acceptors (Lipinski definition) is 8. The number of carbonyl (C=O) groups is 3. The number of ether oxygens (including phenoxy) is 2. The van der Waals surface area contributed by atoms with E-state index >= 15 is 0 Å². The summed E-state index contributed by atoms with van der Waals surface area (Å²) in [4.78, 5) is 38.3. The highest BCUT2D eigenvalue weighted by Gasteiger charge is 2.27. The van der Waals surface area contributed by atoms with Crippen LogP contribution in [0.2, 0.25) is 5.02 Å². The van der Waals surface area contributed by atoms with Crippen LogP contribution in [0.15, 0.2) is 77.9 Å². The number of aromatic hydroxyl groups is 1. The third-order valence-corrected chi connectivity index (χ3v) is 5.90. The van der Waals surface area contributed by atoms with Gasteiger partial charge in [-0.3, -0.25) is 9.59 Å². The molecule has 0 heterocycles. The molecule has 0 radical (unpaired) electrons. The van der Waals surface area contributed by atoms with Crippen LogP contribution in [0.3, 0.4) is 0 Å². The molecule has 0 saturated carbocycles. The second-order valence-corrected chi connectivity index (χ2v) is 9.16. The van der Waals surface area contributed by atoms with Gasteiger partial charge in [-0.1, -0.05) is 54.1 Å². The van der Waals surface area contributed by atoms with Crippen molar-refractivity contribution >= 4 is 35.7 Å². The molecule has 2 atom stereocenters. The average molecular weight is 583 g/mol. The number of hydrazone groups is 1. The third-order valence-electron chi connectivity index (χ3n) is 5.66. The molecule has 41 heavy (non-hydrogen) atoms. The number of aliphatic hydroxyl groups is 1. The highest BCUT2D eigenvalue weighted by molar-refractivity contribution is 6.30. The summed E-state index contributed by atoms with van der Waals surface area (Å²) >= 11 is 6.07. The Balaban J connectivity index is 1.68. The largest absolute Gasteiger partial charge is 0.508 e. The number of nitrogens with zero attached hydrogens (tertiary/aromatic N) is 1. The topological polar surface area (TPSA) is 159 Å². The zero-order valence-corrected chi connectivity index (χ0v) is 23.0. The lowest BCUT2D eigenvalue weighted by atomic mass is 10.0. The monoisotopic (exact) mass is 582 g/mol. The average Bonchev–Trinajstić information content (AvgIpc) is 2.97. The number of hydrogen-bond donors (Lipinski definition) is 5. The van der Waals surface area contributed by atoms with E-state index in [0.29, 0.717) is 28.5 Å². The third kappa shape index (κ3) is 10.1. The van der Waals surface area contributed by atoms with Gasteiger partial charge in [0.25, 0.3) is 5.91 Å². The minimum atomic E-state index is -1.39. The predicted octanol–water partition coefficient (Wildman–Crippen LogP) is 2.91. The Hall–Kier alpha value is -4.61. The Morgan fingerprint density at radius 3 is 2.37 bits per heavy atom. The van der Waals surface area contributed by atoms with E-state index in [1.165, 1.54) is 18.3 Å². The zero-order valence-electron chi connectivity index (χ0n) is 22.2. The van der Waals surface area contributed by atoms with Gasteiger partial charge in [-0.25, -0.2) is 10.2 Å². The smallest absolute Gasteiger partial charge is 0.408 e. The second kappa shape index (κ2) is 15.8. The van der Waals surface area contributed by atoms with Crippen LogP contribution >= 0.6 is 11.6 Å². The van der Waals surface area contributed by atoms with Gasteiger partial charge in [0.15, 0.2) is 0 Å². The molecule has 0 spiro atoms. The van der Waals surface area contributed by atoms with Gasteiger partial charge in [-0.05, 0) is 48.4 Å². The quantitative estimate of drug-likeness (QED) is 0.153. The Morgan fingerprint density at radius 2 is 1.68 bits per heavy atom. The van der Waals surface area contributed by atoms with Crippen LogP contribution < -0.4 is 20.8 Å². The lowest BCUT2D eigenvalue weighted by Gasteiger charge is -2.21. The summed E-state index contributed by atoms with van der Waals surface area (Å²) in [7, 11) is 0. The summed E-state index contributed by atoms with van der Waals surface area (Å²) < 4.78 is 10.7. The van der Waals surface area contributed by atoms with Gasteiger partial charge in [0.05, 0.1) is 19.4 Å². The van der Waals surface area contributed by atoms with E-state index in [-0.39, 0.29) is 18.8 Å². The molecule has 3 amide bonds. The summed E-state index contributed by atoms with van der Waals surface area (Å²) in [6.45, 7) is 1.46. The maximum atomic E-state index is 13.1. The van der Waals surface area contributed by atoms with Crippen molar-refractivity contribution in [3.8, 4) is 11.5 Å². The molecule has 12 heteroatoms. The van der Waals surface area contributed by atoms with E-state index in [9.17, 15) is 24.6 Å². The van der Waals surface area contributed by atoms with E-state index in [4.69, 9.17) is 21.1 Å². The lowest BCUT2D eigenvalue weighted by Crippen LogP contribution is -2.55. The van der Waals surface area contributed by atoms with Gasteiger partial charge >= 0.3 is 6.09 Å². The van der Waals surface area contributed by atoms with Gasteiger partial charge in [0, 0.05) is 17.0 Å². The lowest BCUT2D eigenvalue weighted by molar-refractivity contribution is -0.130. The molecule has 3 aromatic carbocycles. The van der Waals surface area contributed by atoms with E-state index < -0.39 is 36.6 Å². The number of nitrogens with one attached hydrogen (secondary N) is 3. The fourth-order valence-corrected chi connectivity index (χ4v) is 3.78. The van der Waals surface area contributed by atoms with Gasteiger partial charge in [-0.2, -0.15) is 5.10 Å². The first kappa shape index (κ1) is 30.9. The molecule has 0 unspecified atom stereocenters. The van der Waals surface area contributed by atoms with E-state index in [1.54, 1.807) is 54.6 Å². The van der Waals surface area contributed by atoms with Gasteiger partial charge in [0.1, 0.15) is 30.2 Å². The highest BCUT2D eigenvalue weighted by atomic mass is 35.5. The summed E-state index contributed by atoms with van der Waals surface area (Å²) in [6, 6.07) is 17.4. The molecular formula is C29H31ClN4O7. The Kier molecular flexibility index (Phi) is 12.0. The predicted molar refractivity (Wildman–Crippen MR) is 153 cm³/mol. The Bertz CT molecular complexity index is 1340. The van der Waals surface area contributed by atoms with Crippen LogP contribution in [-0.4, -0.2) is 59.6 Å². The SMILES string of the molecule is CCOc1ccc(Cl)cc1/C=N\NC(=O)[C@H](Cc1ccc(O)cc1)NC(=O)[C@H](CO)NC(=O)OCc1ccccc1. The molecule has 3 aromatic rings. The number of aliphatic hydroxyl groups excluding tert-OH is 1. The summed E-state index contributed by atoms with van der Waals surface area (Å²) in [5, 5.41) is 28.6. The van der Waals surface area contributed by atoms with Crippen LogP contribution in [0.4, 0.5) is 4.79 Å². The number of benzene rings is 3. The van der Waals surface area contributed by atoms with Crippen molar-refractivity contribution in [1.82, 2.24) is 16.1 Å².